The second kappa shape index (κ2) is 11.0. The molecule has 0 radical (unpaired) electrons. The summed E-state index contributed by atoms with van der Waals surface area (Å²) in [6.45, 7) is 2.65. The number of nitrogens with one attached hydrogen (secondary N) is 1. The van der Waals surface area contributed by atoms with E-state index >= 15 is 0 Å². The first kappa shape index (κ1) is 27.0. The van der Waals surface area contributed by atoms with Crippen molar-refractivity contribution >= 4 is 28.9 Å². The fraction of sp³-hybridized carbons (Fsp3) is 0.278. The number of hydrogen-bond acceptors (Lipinski definition) is 7. The average Bonchev–Trinajstić information content (AvgIpc) is 2.62. The summed E-state index contributed by atoms with van der Waals surface area (Å²) >= 11 is 5.85. The molecule has 8 nitrogen and oxygen atoms in total. The van der Waals surface area contributed by atoms with Crippen LogP contribution in [0.3, 0.4) is 0 Å². The van der Waals surface area contributed by atoms with Gasteiger partial charge in [-0.05, 0) is 38.1 Å². The Morgan fingerprint density at radius 1 is 1.19 bits per heavy atom. The smallest absolute Gasteiger partial charge is 0.547 e. The number of aliphatic carboxylic acids is 1. The number of halogens is 4. The molecule has 0 aromatic heterocycles. The molecule has 162 valence electrons. The maximum atomic E-state index is 12.7. The molecule has 0 aliphatic rings. The van der Waals surface area contributed by atoms with Crippen molar-refractivity contribution < 1.29 is 67.0 Å². The Morgan fingerprint density at radius 2 is 1.84 bits per heavy atom. The van der Waals surface area contributed by atoms with Gasteiger partial charge in [0.1, 0.15) is 23.4 Å². The first-order valence-corrected chi connectivity index (χ1v) is 8.72. The Balaban J connectivity index is 0.00000480. The number of ether oxygens (including phenoxy) is 2. The minimum Gasteiger partial charge on any atom is -0.547 e. The summed E-state index contributed by atoms with van der Waals surface area (Å²) in [4.78, 5) is 21.3. The molecule has 2 rings (SSSR count). The van der Waals surface area contributed by atoms with E-state index < -0.39 is 35.0 Å². The van der Waals surface area contributed by atoms with Crippen LogP contribution in [0.15, 0.2) is 36.4 Å². The quantitative estimate of drug-likeness (QED) is 0.265. The summed E-state index contributed by atoms with van der Waals surface area (Å²) in [6.07, 6.45) is -6.82. The fourth-order valence-corrected chi connectivity index (χ4v) is 2.57. The number of carboxylic acids is 1. The van der Waals surface area contributed by atoms with E-state index in [1.807, 2.05) is 0 Å². The van der Waals surface area contributed by atoms with E-state index in [9.17, 15) is 33.2 Å². The second-order valence-corrected chi connectivity index (χ2v) is 6.47. The van der Waals surface area contributed by atoms with Crippen molar-refractivity contribution in [1.82, 2.24) is 0 Å². The molecule has 0 aliphatic carbocycles. The Morgan fingerprint density at radius 3 is 2.35 bits per heavy atom. The van der Waals surface area contributed by atoms with Gasteiger partial charge in [0.15, 0.2) is 0 Å². The van der Waals surface area contributed by atoms with E-state index in [-0.39, 0.29) is 57.5 Å². The molecule has 0 heterocycles. The molecular formula is C18H15ClF3N2NaO6. The van der Waals surface area contributed by atoms with E-state index in [1.54, 1.807) is 0 Å². The van der Waals surface area contributed by atoms with E-state index in [4.69, 9.17) is 21.1 Å². The minimum absolute atomic E-state index is 0. The summed E-state index contributed by atoms with van der Waals surface area (Å²) in [7, 11) is 0. The molecule has 1 N–H and O–H groups in total. The number of benzene rings is 2. The molecule has 2 aromatic rings. The van der Waals surface area contributed by atoms with Crippen LogP contribution in [0.25, 0.3) is 0 Å². The molecule has 2 unspecified atom stereocenters. The van der Waals surface area contributed by atoms with Crippen LogP contribution in [-0.2, 0) is 15.7 Å². The van der Waals surface area contributed by atoms with E-state index in [0.29, 0.717) is 6.07 Å². The van der Waals surface area contributed by atoms with Gasteiger partial charge in [0.05, 0.1) is 27.6 Å². The average molecular weight is 471 g/mol. The maximum Gasteiger partial charge on any atom is 1.00 e. The van der Waals surface area contributed by atoms with Crippen LogP contribution >= 0.6 is 11.6 Å². The molecule has 2 aromatic carbocycles. The van der Waals surface area contributed by atoms with Gasteiger partial charge in [0.2, 0.25) is 0 Å². The molecule has 0 fully saturated rings. The third-order valence-corrected chi connectivity index (χ3v) is 4.05. The van der Waals surface area contributed by atoms with Gasteiger partial charge in [-0.1, -0.05) is 11.6 Å². The molecule has 0 spiro atoms. The third kappa shape index (κ3) is 7.54. The second-order valence-electron chi connectivity index (χ2n) is 6.07. The molecule has 0 amide bonds. The third-order valence-electron chi connectivity index (χ3n) is 3.75. The molecule has 0 aliphatic heterocycles. The Kier molecular flexibility index (Phi) is 9.58. The normalized spacial score (nSPS) is 13.0. The Hall–Kier alpha value is -2.05. The first-order chi connectivity index (χ1) is 13.9. The van der Waals surface area contributed by atoms with Gasteiger partial charge in [-0.15, -0.1) is 0 Å². The van der Waals surface area contributed by atoms with Gasteiger partial charge < -0.3 is 24.7 Å². The number of anilines is 1. The van der Waals surface area contributed by atoms with Gasteiger partial charge in [-0.2, -0.15) is 13.2 Å². The van der Waals surface area contributed by atoms with Gasteiger partial charge in [-0.25, -0.2) is 0 Å². The van der Waals surface area contributed by atoms with E-state index in [2.05, 4.69) is 5.32 Å². The van der Waals surface area contributed by atoms with Crippen molar-refractivity contribution in [3.63, 3.8) is 0 Å². The zero-order valence-electron chi connectivity index (χ0n) is 16.5. The number of nitro benzene ring substituents is 1. The van der Waals surface area contributed by atoms with Crippen LogP contribution in [0.5, 0.6) is 11.5 Å². The molecule has 13 heteroatoms. The summed E-state index contributed by atoms with van der Waals surface area (Å²) in [5.41, 5.74) is -1.39. The molecule has 0 bridgehead atoms. The summed E-state index contributed by atoms with van der Waals surface area (Å²) in [6, 6.07) is 6.03. The van der Waals surface area contributed by atoms with Crippen LogP contribution in [0.1, 0.15) is 19.4 Å². The Bertz CT molecular complexity index is 960. The maximum absolute atomic E-state index is 12.7. The summed E-state index contributed by atoms with van der Waals surface area (Å²) in [5, 5.41) is 24.3. The van der Waals surface area contributed by atoms with Crippen molar-refractivity contribution in [2.24, 2.45) is 0 Å². The zero-order chi connectivity index (χ0) is 22.6. The molecule has 0 saturated carbocycles. The summed E-state index contributed by atoms with van der Waals surface area (Å²) < 4.78 is 48.8. The molecule has 2 atom stereocenters. The standard InChI is InChI=1S/C18H16ClF3N2O6.Na/c1-9(17(25)26)29-10(2)23-14-8-12(4-5-15(14)24(27)28)30-16-6-3-11(7-13(16)19)18(20,21)22;/h3-10,23H,1-2H3,(H,25,26);/q;+1/p-1. The molecule has 0 saturated heterocycles. The largest absolute Gasteiger partial charge is 1.00 e. The predicted octanol–water partition coefficient (Wildman–Crippen LogP) is 0.976. The number of hydrogen-bond donors (Lipinski definition) is 1. The van der Waals surface area contributed by atoms with Crippen molar-refractivity contribution in [3.8, 4) is 11.5 Å². The van der Waals surface area contributed by atoms with Crippen LogP contribution in [-0.4, -0.2) is 23.2 Å². The van der Waals surface area contributed by atoms with Crippen molar-refractivity contribution in [2.45, 2.75) is 32.4 Å². The van der Waals surface area contributed by atoms with Gasteiger partial charge >= 0.3 is 35.7 Å². The van der Waals surface area contributed by atoms with Crippen molar-refractivity contribution in [3.05, 3.63) is 57.1 Å². The zero-order valence-corrected chi connectivity index (χ0v) is 19.3. The number of nitro groups is 1. The monoisotopic (exact) mass is 470 g/mol. The Labute approximate surface area is 201 Å². The predicted molar refractivity (Wildman–Crippen MR) is 98.3 cm³/mol. The number of carbonyl (C=O) groups is 1. The van der Waals surface area contributed by atoms with Crippen LogP contribution in [0, 0.1) is 10.1 Å². The number of carbonyl (C=O) groups excluding carboxylic acids is 1. The van der Waals surface area contributed by atoms with E-state index in [1.165, 1.54) is 26.0 Å². The van der Waals surface area contributed by atoms with Gasteiger partial charge in [0.25, 0.3) is 5.69 Å². The van der Waals surface area contributed by atoms with Gasteiger partial charge in [0, 0.05) is 12.1 Å². The fourth-order valence-electron chi connectivity index (χ4n) is 2.36. The number of nitrogens with zero attached hydrogens (tertiary/aromatic N) is 1. The first-order valence-electron chi connectivity index (χ1n) is 8.34. The molecule has 31 heavy (non-hydrogen) atoms. The van der Waals surface area contributed by atoms with Crippen LogP contribution < -0.4 is 44.7 Å². The van der Waals surface area contributed by atoms with Crippen molar-refractivity contribution in [2.75, 3.05) is 5.32 Å². The van der Waals surface area contributed by atoms with Gasteiger partial charge in [-0.3, -0.25) is 10.1 Å². The number of alkyl halides is 3. The topological polar surface area (TPSA) is 114 Å². The summed E-state index contributed by atoms with van der Waals surface area (Å²) in [5.74, 6) is -1.53. The van der Waals surface area contributed by atoms with Crippen LogP contribution in [0.4, 0.5) is 24.5 Å². The minimum atomic E-state index is -4.58. The molecular weight excluding hydrogens is 456 g/mol. The number of rotatable bonds is 8. The number of carboxylic acid groups (broad SMARTS) is 1. The van der Waals surface area contributed by atoms with E-state index in [0.717, 1.165) is 18.2 Å². The van der Waals surface area contributed by atoms with Crippen LogP contribution in [0.2, 0.25) is 5.02 Å². The van der Waals surface area contributed by atoms with Crippen molar-refractivity contribution in [1.29, 1.82) is 0 Å². The SMILES string of the molecule is CC(Nc1cc(Oc2ccc(C(F)(F)F)cc2Cl)ccc1[N+](=O)[O-])OC(C)C(=O)[O-].[Na+].